The van der Waals surface area contributed by atoms with Crippen molar-refractivity contribution >= 4 is 36.0 Å². The Morgan fingerprint density at radius 1 is 0.441 bits per heavy atom. The second-order valence-electron chi connectivity index (χ2n) is 22.5. The highest BCUT2D eigenvalue weighted by atomic mass is 16.7. The summed E-state index contributed by atoms with van der Waals surface area (Å²) in [6.45, 7) is -1.53. The molecule has 4 saturated heterocycles. The number of carboxylic acid groups (broad SMARTS) is 1. The predicted octanol–water partition coefficient (Wildman–Crippen LogP) is -5.76. The SMILES string of the molecule is COc1cc(/C=C/COC(=O)C[C@](C)(CC(=O)OC[C@H]2O[C@@H](O[C@@](C)(CC(=O)O)CC(=O)OC/C=C/c3cc(OC)c(O[C@@H]4O[C@H](CO)[C@@H](O)[C@H](O)[C@H]4O)c(OC)c3)[C@H](O)[C@@H](O)[C@@H]2O)OC[C@H]2O[C@@H](O)[C@H](O)[C@@H](O)[C@@H]2O)cc(OC)c1O[C@@H]1O[C@H](CO)[C@@H](O)[C@H](O)[C@H]1O. The molecular weight excluding hydrogens is 1260 g/mol. The Bertz CT molecular complexity index is 2780. The second-order valence-corrected chi connectivity index (χ2v) is 22.5. The zero-order valence-corrected chi connectivity index (χ0v) is 51.1. The van der Waals surface area contributed by atoms with Gasteiger partial charge in [-0.1, -0.05) is 12.2 Å². The number of ether oxygens (including phenoxy) is 15. The topological polar surface area (TPSA) is 530 Å². The Hall–Kier alpha value is -6.24. The summed E-state index contributed by atoms with van der Waals surface area (Å²) < 4.78 is 82.9. The first kappa shape index (κ1) is 75.8. The van der Waals surface area contributed by atoms with Crippen molar-refractivity contribution in [2.24, 2.45) is 0 Å². The number of hydrogen-bond donors (Lipinski definition) is 16. The van der Waals surface area contributed by atoms with Gasteiger partial charge in [-0.3, -0.25) is 19.2 Å². The van der Waals surface area contributed by atoms with Crippen molar-refractivity contribution in [3.05, 3.63) is 47.5 Å². The van der Waals surface area contributed by atoms with Crippen molar-refractivity contribution in [1.82, 2.24) is 0 Å². The molecule has 0 aliphatic carbocycles. The van der Waals surface area contributed by atoms with E-state index in [1.165, 1.54) is 83.9 Å². The highest BCUT2D eigenvalue weighted by Gasteiger charge is 2.51. The Kier molecular flexibility index (Phi) is 27.6. The molecule has 2 aromatic carbocycles. The fourth-order valence-electron chi connectivity index (χ4n) is 10.1. The van der Waals surface area contributed by atoms with E-state index in [1.54, 1.807) is 0 Å². The average Bonchev–Trinajstić information content (AvgIpc) is 0.940. The van der Waals surface area contributed by atoms with Crippen molar-refractivity contribution in [2.45, 2.75) is 174 Å². The van der Waals surface area contributed by atoms with Gasteiger partial charge in [0.25, 0.3) is 0 Å². The van der Waals surface area contributed by atoms with E-state index in [0.717, 1.165) is 6.92 Å². The molecule has 22 atom stereocenters. The number of benzene rings is 2. The van der Waals surface area contributed by atoms with Crippen LogP contribution in [-0.4, -0.2) is 308 Å². The number of aliphatic hydroxyl groups excluding tert-OH is 15. The van der Waals surface area contributed by atoms with Crippen LogP contribution in [0.2, 0.25) is 0 Å². The van der Waals surface area contributed by atoms with Gasteiger partial charge in [0.05, 0.1) is 85.1 Å². The summed E-state index contributed by atoms with van der Waals surface area (Å²) in [7, 11) is 5.12. The number of carboxylic acids is 1. The zero-order valence-electron chi connectivity index (χ0n) is 51.1. The minimum absolute atomic E-state index is 0.0234. The Labute approximate surface area is 530 Å². The Balaban J connectivity index is 1.08. The molecule has 0 amide bonds. The molecule has 93 heavy (non-hydrogen) atoms. The van der Waals surface area contributed by atoms with Crippen molar-refractivity contribution in [1.29, 1.82) is 0 Å². The van der Waals surface area contributed by atoms with E-state index in [-0.39, 0.29) is 34.5 Å². The van der Waals surface area contributed by atoms with Gasteiger partial charge in [0.1, 0.15) is 117 Å². The van der Waals surface area contributed by atoms with Gasteiger partial charge in [0.15, 0.2) is 35.6 Å². The van der Waals surface area contributed by atoms with Gasteiger partial charge in [-0.2, -0.15) is 0 Å². The molecule has 2 aromatic rings. The third kappa shape index (κ3) is 19.5. The molecule has 35 nitrogen and oxygen atoms in total. The first-order chi connectivity index (χ1) is 43.9. The summed E-state index contributed by atoms with van der Waals surface area (Å²) in [4.78, 5) is 52.5. The standard InChI is InChI=1S/C58H82O35/c1-57(86-24-34-42(69)43(70)47(74)53(78)87-34,18-36(63)83-11-7-9-25-13-27(79-3)51(28(14-25)80-4)91-54-48(75)44(71)39(66)31(21-59)88-54)19-38(65)85-23-33-41(68)46(73)50(77)56(90-33)93-58(2,17-35(61)62)20-37(64)84-12-8-10-26-15-29(81-5)52(30(16-26)82-6)92-55-49(76)45(72)40(67)32(22-60)89-55/h7-10,13-16,31-34,39-50,53-56,59-60,66-78H,11-12,17-24H2,1-6H3,(H,61,62)/b9-7+,10-8+/t31-,32-,33-,34-,39-,40-,41-,42-,43+,44+,45+,46+,47-,48-,49-,50-,53-,54+,55+,56+,57-,58+/m1/s1. The summed E-state index contributed by atoms with van der Waals surface area (Å²) in [6.07, 6.45) is -32.9. The molecule has 35 heteroatoms. The first-order valence-electron chi connectivity index (χ1n) is 28.8. The lowest BCUT2D eigenvalue weighted by molar-refractivity contribution is -0.325. The van der Waals surface area contributed by atoms with Crippen LogP contribution >= 0.6 is 0 Å². The monoisotopic (exact) mass is 1340 g/mol. The lowest BCUT2D eigenvalue weighted by atomic mass is 9.95. The number of rotatable bonds is 31. The van der Waals surface area contributed by atoms with Gasteiger partial charge in [0, 0.05) is 0 Å². The van der Waals surface area contributed by atoms with E-state index in [0.29, 0.717) is 11.1 Å². The fraction of sp³-hybridized carbons (Fsp3) is 0.655. The molecule has 0 saturated carbocycles. The molecule has 0 bridgehead atoms. The molecule has 0 unspecified atom stereocenters. The van der Waals surface area contributed by atoms with E-state index in [2.05, 4.69) is 0 Å². The van der Waals surface area contributed by atoms with Crippen LogP contribution in [0.4, 0.5) is 0 Å². The van der Waals surface area contributed by atoms with Crippen LogP contribution in [0.25, 0.3) is 12.2 Å². The molecule has 4 heterocycles. The van der Waals surface area contributed by atoms with Gasteiger partial charge in [-0.25, -0.2) is 0 Å². The highest BCUT2D eigenvalue weighted by Crippen LogP contribution is 2.43. The van der Waals surface area contributed by atoms with Crippen LogP contribution in [0.3, 0.4) is 0 Å². The Morgan fingerprint density at radius 3 is 1.19 bits per heavy atom. The lowest BCUT2D eigenvalue weighted by Gasteiger charge is -2.43. The molecule has 4 aliphatic heterocycles. The number of hydrogen-bond acceptors (Lipinski definition) is 34. The Morgan fingerprint density at radius 2 is 0.796 bits per heavy atom. The van der Waals surface area contributed by atoms with Gasteiger partial charge in [-0.05, 0) is 61.4 Å². The normalized spacial score (nSPS) is 32.8. The molecule has 4 fully saturated rings. The number of carbonyl (C=O) groups is 4. The lowest BCUT2D eigenvalue weighted by Crippen LogP contribution is -2.61. The number of esters is 3. The van der Waals surface area contributed by atoms with Crippen LogP contribution in [0.1, 0.15) is 50.7 Å². The molecule has 0 aromatic heterocycles. The van der Waals surface area contributed by atoms with Crippen molar-refractivity contribution in [3.8, 4) is 34.5 Å². The smallest absolute Gasteiger partial charge is 0.309 e. The maximum atomic E-state index is 13.7. The summed E-state index contributed by atoms with van der Waals surface area (Å²) in [5, 5.41) is 165. The molecule has 6 rings (SSSR count). The maximum Gasteiger partial charge on any atom is 0.309 e. The fourth-order valence-corrected chi connectivity index (χ4v) is 10.1. The summed E-state index contributed by atoms with van der Waals surface area (Å²) in [5.74, 6) is -4.81. The number of methoxy groups -OCH3 is 4. The van der Waals surface area contributed by atoms with E-state index in [1.807, 2.05) is 0 Å². The summed E-state index contributed by atoms with van der Waals surface area (Å²) >= 11 is 0. The minimum atomic E-state index is -2.10. The van der Waals surface area contributed by atoms with Crippen LogP contribution in [0.15, 0.2) is 36.4 Å². The van der Waals surface area contributed by atoms with Gasteiger partial charge in [0.2, 0.25) is 24.1 Å². The van der Waals surface area contributed by atoms with E-state index in [9.17, 15) is 101 Å². The summed E-state index contributed by atoms with van der Waals surface area (Å²) in [6, 6.07) is 5.77. The number of carbonyl (C=O) groups excluding carboxylic acids is 3. The number of aliphatic carboxylic acids is 1. The van der Waals surface area contributed by atoms with Crippen LogP contribution in [0.5, 0.6) is 34.5 Å². The van der Waals surface area contributed by atoms with Crippen LogP contribution in [-0.2, 0) is 61.8 Å². The van der Waals surface area contributed by atoms with Crippen molar-refractivity contribution in [2.75, 3.05) is 68.1 Å². The molecule has 0 spiro atoms. The van der Waals surface area contributed by atoms with Crippen LogP contribution < -0.4 is 28.4 Å². The average molecular weight is 1340 g/mol. The molecule has 0 radical (unpaired) electrons. The third-order valence-corrected chi connectivity index (χ3v) is 15.3. The quantitative estimate of drug-likeness (QED) is 0.0247. The van der Waals surface area contributed by atoms with E-state index in [4.69, 9.17) is 71.1 Å². The first-order valence-corrected chi connectivity index (χ1v) is 28.8. The van der Waals surface area contributed by atoms with Crippen molar-refractivity contribution < 1.29 is 172 Å². The van der Waals surface area contributed by atoms with E-state index < -0.39 is 223 Å². The van der Waals surface area contributed by atoms with Gasteiger partial charge in [-0.15, -0.1) is 0 Å². The molecular formula is C58H82O35. The van der Waals surface area contributed by atoms with E-state index >= 15 is 0 Å². The molecule has 524 valence electrons. The zero-order chi connectivity index (χ0) is 68.8. The van der Waals surface area contributed by atoms with Gasteiger partial charge < -0.3 is 153 Å². The highest BCUT2D eigenvalue weighted by molar-refractivity contribution is 5.76. The van der Waals surface area contributed by atoms with Crippen LogP contribution in [0, 0.1) is 0 Å². The molecule has 4 aliphatic rings. The predicted molar refractivity (Wildman–Crippen MR) is 304 cm³/mol. The third-order valence-electron chi connectivity index (χ3n) is 15.3. The minimum Gasteiger partial charge on any atom is -0.493 e. The molecule has 16 N–H and O–H groups in total. The maximum absolute atomic E-state index is 13.7. The van der Waals surface area contributed by atoms with Gasteiger partial charge >= 0.3 is 23.9 Å². The number of aliphatic hydroxyl groups is 15. The summed E-state index contributed by atoms with van der Waals surface area (Å²) in [5.41, 5.74) is -3.26. The van der Waals surface area contributed by atoms with Crippen molar-refractivity contribution in [3.63, 3.8) is 0 Å². The second kappa shape index (κ2) is 33.9. The largest absolute Gasteiger partial charge is 0.493 e.